The maximum absolute atomic E-state index is 10.1. The Bertz CT molecular complexity index is 606. The molecule has 0 radical (unpaired) electrons. The highest BCUT2D eigenvalue weighted by Crippen LogP contribution is 2.22. The highest BCUT2D eigenvalue weighted by Gasteiger charge is 2.06. The van der Waals surface area contributed by atoms with E-state index in [9.17, 15) is 5.11 Å². The second kappa shape index (κ2) is 14.2. The molecule has 28 heavy (non-hydrogen) atoms. The van der Waals surface area contributed by atoms with Crippen molar-refractivity contribution in [3.05, 3.63) is 54.6 Å². The van der Waals surface area contributed by atoms with E-state index in [1.807, 2.05) is 30.3 Å². The first-order valence-electron chi connectivity index (χ1n) is 11.3. The minimum absolute atomic E-state index is 0.372. The molecule has 0 aliphatic carbocycles. The molecule has 2 nitrogen and oxygen atoms in total. The molecule has 2 aromatic carbocycles. The fourth-order valence-corrected chi connectivity index (χ4v) is 3.52. The van der Waals surface area contributed by atoms with Gasteiger partial charge in [0, 0.05) is 0 Å². The van der Waals surface area contributed by atoms with Crippen LogP contribution in [0.1, 0.15) is 77.6 Å². The van der Waals surface area contributed by atoms with E-state index in [2.05, 4.69) is 31.2 Å². The highest BCUT2D eigenvalue weighted by molar-refractivity contribution is 5.63. The van der Waals surface area contributed by atoms with Gasteiger partial charge in [0.05, 0.1) is 6.10 Å². The molecular formula is C26H38O2. The summed E-state index contributed by atoms with van der Waals surface area (Å²) < 4.78 is 5.75. The fraction of sp³-hybridized carbons (Fsp3) is 0.538. The summed E-state index contributed by atoms with van der Waals surface area (Å²) in [4.78, 5) is 0. The van der Waals surface area contributed by atoms with E-state index in [-0.39, 0.29) is 6.10 Å². The van der Waals surface area contributed by atoms with E-state index in [1.165, 1.54) is 68.9 Å². The molecule has 1 atom stereocenters. The Labute approximate surface area is 172 Å². The van der Waals surface area contributed by atoms with E-state index in [4.69, 9.17) is 4.74 Å². The summed E-state index contributed by atoms with van der Waals surface area (Å²) >= 11 is 0. The molecule has 0 aromatic heterocycles. The van der Waals surface area contributed by atoms with Gasteiger partial charge >= 0.3 is 0 Å². The lowest BCUT2D eigenvalue weighted by atomic mass is 10.0. The minimum atomic E-state index is -0.372. The Morgan fingerprint density at radius 2 is 1.21 bits per heavy atom. The number of rotatable bonds is 15. The number of hydrogen-bond acceptors (Lipinski definition) is 2. The average molecular weight is 383 g/mol. The third-order valence-electron chi connectivity index (χ3n) is 5.29. The van der Waals surface area contributed by atoms with Crippen LogP contribution in [0.25, 0.3) is 11.1 Å². The third kappa shape index (κ3) is 9.41. The first-order chi connectivity index (χ1) is 13.8. The van der Waals surface area contributed by atoms with Crippen LogP contribution in [0.2, 0.25) is 0 Å². The van der Waals surface area contributed by atoms with Crippen molar-refractivity contribution in [2.24, 2.45) is 0 Å². The number of aliphatic hydroxyl groups is 1. The lowest BCUT2D eigenvalue weighted by Crippen LogP contribution is -2.17. The molecule has 0 saturated carbocycles. The van der Waals surface area contributed by atoms with Gasteiger partial charge in [-0.3, -0.25) is 0 Å². The SMILES string of the molecule is CCCCCCCCCCCCC(O)COc1ccc(-c2ccccc2)cc1. The predicted octanol–water partition coefficient (Wildman–Crippen LogP) is 7.40. The van der Waals surface area contributed by atoms with E-state index in [1.54, 1.807) is 0 Å². The molecule has 154 valence electrons. The van der Waals surface area contributed by atoms with Crippen LogP contribution in [-0.4, -0.2) is 17.8 Å². The van der Waals surface area contributed by atoms with Gasteiger partial charge in [0.1, 0.15) is 12.4 Å². The summed E-state index contributed by atoms with van der Waals surface area (Å²) in [5.41, 5.74) is 2.38. The van der Waals surface area contributed by atoms with Crippen molar-refractivity contribution < 1.29 is 9.84 Å². The molecule has 0 saturated heterocycles. The Morgan fingerprint density at radius 1 is 0.679 bits per heavy atom. The maximum Gasteiger partial charge on any atom is 0.119 e. The first kappa shape index (κ1) is 22.5. The van der Waals surface area contributed by atoms with Gasteiger partial charge in [0.15, 0.2) is 0 Å². The Hall–Kier alpha value is -1.80. The summed E-state index contributed by atoms with van der Waals surface area (Å²) in [6, 6.07) is 18.4. The number of aliphatic hydroxyl groups excluding tert-OH is 1. The molecule has 1 N–H and O–H groups in total. The van der Waals surface area contributed by atoms with E-state index >= 15 is 0 Å². The van der Waals surface area contributed by atoms with Crippen molar-refractivity contribution in [3.63, 3.8) is 0 Å². The van der Waals surface area contributed by atoms with Crippen LogP contribution in [0.5, 0.6) is 5.75 Å². The van der Waals surface area contributed by atoms with Gasteiger partial charge in [-0.15, -0.1) is 0 Å². The van der Waals surface area contributed by atoms with E-state index in [0.717, 1.165) is 18.6 Å². The molecule has 0 spiro atoms. The fourth-order valence-electron chi connectivity index (χ4n) is 3.52. The number of ether oxygens (including phenoxy) is 1. The summed E-state index contributed by atoms with van der Waals surface area (Å²) in [6.45, 7) is 2.64. The van der Waals surface area contributed by atoms with Gasteiger partial charge in [0.25, 0.3) is 0 Å². The van der Waals surface area contributed by atoms with Gasteiger partial charge in [-0.2, -0.15) is 0 Å². The lowest BCUT2D eigenvalue weighted by Gasteiger charge is -2.13. The predicted molar refractivity (Wildman–Crippen MR) is 120 cm³/mol. The largest absolute Gasteiger partial charge is 0.491 e. The zero-order chi connectivity index (χ0) is 19.9. The Kier molecular flexibility index (Phi) is 11.4. The van der Waals surface area contributed by atoms with Crippen LogP contribution >= 0.6 is 0 Å². The van der Waals surface area contributed by atoms with Crippen molar-refractivity contribution in [2.75, 3.05) is 6.61 Å². The molecule has 0 heterocycles. The molecule has 1 unspecified atom stereocenters. The lowest BCUT2D eigenvalue weighted by molar-refractivity contribution is 0.0975. The summed E-state index contributed by atoms with van der Waals surface area (Å²) in [6.07, 6.45) is 13.7. The van der Waals surface area contributed by atoms with Crippen molar-refractivity contribution in [3.8, 4) is 16.9 Å². The molecule has 2 rings (SSSR count). The minimum Gasteiger partial charge on any atom is -0.491 e. The molecule has 2 heteroatoms. The summed E-state index contributed by atoms with van der Waals surface area (Å²) in [7, 11) is 0. The Balaban J connectivity index is 1.51. The maximum atomic E-state index is 10.1. The molecule has 0 aliphatic heterocycles. The van der Waals surface area contributed by atoms with Crippen LogP contribution in [0.4, 0.5) is 0 Å². The monoisotopic (exact) mass is 382 g/mol. The first-order valence-corrected chi connectivity index (χ1v) is 11.3. The van der Waals surface area contributed by atoms with Crippen molar-refractivity contribution in [1.82, 2.24) is 0 Å². The smallest absolute Gasteiger partial charge is 0.119 e. The van der Waals surface area contributed by atoms with Gasteiger partial charge in [-0.1, -0.05) is 114 Å². The van der Waals surface area contributed by atoms with Crippen molar-refractivity contribution in [2.45, 2.75) is 83.7 Å². The van der Waals surface area contributed by atoms with Crippen LogP contribution < -0.4 is 4.74 Å². The van der Waals surface area contributed by atoms with Gasteiger partial charge in [-0.05, 0) is 29.7 Å². The molecule has 2 aromatic rings. The number of benzene rings is 2. The standard InChI is InChI=1S/C26H38O2/c1-2-3-4-5-6-7-8-9-10-14-17-25(27)22-28-26-20-18-24(19-21-26)23-15-12-11-13-16-23/h11-13,15-16,18-21,25,27H,2-10,14,17,22H2,1H3. The normalized spacial score (nSPS) is 12.1. The molecule has 0 fully saturated rings. The second-order valence-electron chi connectivity index (χ2n) is 7.83. The zero-order valence-corrected chi connectivity index (χ0v) is 17.6. The molecule has 0 bridgehead atoms. The van der Waals surface area contributed by atoms with Crippen LogP contribution in [-0.2, 0) is 0 Å². The van der Waals surface area contributed by atoms with E-state index < -0.39 is 0 Å². The van der Waals surface area contributed by atoms with E-state index in [0.29, 0.717) is 6.61 Å². The molecular weight excluding hydrogens is 344 g/mol. The van der Waals surface area contributed by atoms with Crippen LogP contribution in [0, 0.1) is 0 Å². The summed E-state index contributed by atoms with van der Waals surface area (Å²) in [5, 5.41) is 10.1. The van der Waals surface area contributed by atoms with Gasteiger partial charge < -0.3 is 9.84 Å². The number of hydrogen-bond donors (Lipinski definition) is 1. The highest BCUT2D eigenvalue weighted by atomic mass is 16.5. The topological polar surface area (TPSA) is 29.5 Å². The quantitative estimate of drug-likeness (QED) is 0.325. The zero-order valence-electron chi connectivity index (χ0n) is 17.6. The van der Waals surface area contributed by atoms with Crippen molar-refractivity contribution >= 4 is 0 Å². The van der Waals surface area contributed by atoms with Crippen LogP contribution in [0.3, 0.4) is 0 Å². The average Bonchev–Trinajstić information content (AvgIpc) is 2.74. The Morgan fingerprint density at radius 3 is 1.82 bits per heavy atom. The van der Waals surface area contributed by atoms with Gasteiger partial charge in [0.2, 0.25) is 0 Å². The molecule has 0 amide bonds. The van der Waals surface area contributed by atoms with Crippen molar-refractivity contribution in [1.29, 1.82) is 0 Å². The number of unbranched alkanes of at least 4 members (excludes halogenated alkanes) is 9. The second-order valence-corrected chi connectivity index (χ2v) is 7.83. The molecule has 0 aliphatic rings. The van der Waals surface area contributed by atoms with Crippen LogP contribution in [0.15, 0.2) is 54.6 Å². The van der Waals surface area contributed by atoms with Gasteiger partial charge in [-0.25, -0.2) is 0 Å². The third-order valence-corrected chi connectivity index (χ3v) is 5.29. The summed E-state index contributed by atoms with van der Waals surface area (Å²) in [5.74, 6) is 0.821.